The molecular weight excluding hydrogens is 669 g/mol. The van der Waals surface area contributed by atoms with E-state index < -0.39 is 13.7 Å². The molecule has 1 N–H and O–H groups in total. The molecule has 0 saturated carbocycles. The van der Waals surface area contributed by atoms with E-state index in [0.29, 0.717) is 16.7 Å². The van der Waals surface area contributed by atoms with Crippen molar-refractivity contribution in [3.8, 4) is 0 Å². The average molecular weight is 715 g/mol. The number of nitrogens with one attached hydrogen (secondary N) is 1. The highest BCUT2D eigenvalue weighted by molar-refractivity contribution is 7.03. The van der Waals surface area contributed by atoms with Crippen LogP contribution in [0, 0.1) is 0 Å². The SMILES string of the molecule is O=C(NCCN1C(=O)C=CC1=O)c1ccc2c(c1)C1(OC2=O)c2ccc(N3CCCCC3)cc2[Si]2(CCCCC2)c2cc(N3CCCCC3)ccc21. The number of hydrogen-bond acceptors (Lipinski definition) is 7. The van der Waals surface area contributed by atoms with Crippen LogP contribution in [-0.2, 0) is 19.9 Å². The average Bonchev–Trinajstić information content (AvgIpc) is 3.68. The number of esters is 1. The Morgan fingerprint density at radius 1 is 0.673 bits per heavy atom. The topological polar surface area (TPSA) is 99.3 Å². The molecule has 3 saturated heterocycles. The summed E-state index contributed by atoms with van der Waals surface area (Å²) in [5.41, 5.74) is 5.07. The molecule has 6 aliphatic heterocycles. The Bertz CT molecular complexity index is 1920. The lowest BCUT2D eigenvalue weighted by molar-refractivity contribution is -0.136. The fraction of sp³-hybridized carbons (Fsp3) is 0.429. The molecule has 9 rings (SSSR count). The van der Waals surface area contributed by atoms with E-state index in [1.54, 1.807) is 12.1 Å². The van der Waals surface area contributed by atoms with Crippen LogP contribution in [0.25, 0.3) is 0 Å². The number of piperidine rings is 2. The van der Waals surface area contributed by atoms with E-state index in [1.165, 1.54) is 104 Å². The van der Waals surface area contributed by atoms with Crippen molar-refractivity contribution in [2.24, 2.45) is 0 Å². The van der Waals surface area contributed by atoms with Gasteiger partial charge in [0.25, 0.3) is 17.7 Å². The number of anilines is 2. The molecule has 0 atom stereocenters. The quantitative estimate of drug-likeness (QED) is 0.222. The first-order valence-electron chi connectivity index (χ1n) is 19.4. The molecule has 3 amide bonds. The van der Waals surface area contributed by atoms with Gasteiger partial charge in [-0.2, -0.15) is 0 Å². The molecule has 268 valence electrons. The Hall–Kier alpha value is -4.70. The molecular formula is C42H46N4O5Si. The zero-order chi connectivity index (χ0) is 35.5. The van der Waals surface area contributed by atoms with Gasteiger partial charge in [-0.1, -0.05) is 31.4 Å². The van der Waals surface area contributed by atoms with Crippen LogP contribution in [0.3, 0.4) is 0 Å². The van der Waals surface area contributed by atoms with Gasteiger partial charge in [-0.3, -0.25) is 19.3 Å². The molecule has 0 radical (unpaired) electrons. The van der Waals surface area contributed by atoms with Crippen molar-refractivity contribution in [2.45, 2.75) is 75.5 Å². The van der Waals surface area contributed by atoms with Crippen molar-refractivity contribution in [3.05, 3.63) is 94.6 Å². The van der Waals surface area contributed by atoms with Crippen LogP contribution in [0.15, 0.2) is 66.7 Å². The fourth-order valence-corrected chi connectivity index (χ4v) is 15.7. The highest BCUT2D eigenvalue weighted by Gasteiger charge is 2.58. The predicted molar refractivity (Wildman–Crippen MR) is 203 cm³/mol. The lowest BCUT2D eigenvalue weighted by Gasteiger charge is -2.49. The maximum Gasteiger partial charge on any atom is 0.340 e. The summed E-state index contributed by atoms with van der Waals surface area (Å²) in [4.78, 5) is 58.0. The number of amides is 3. The van der Waals surface area contributed by atoms with Gasteiger partial charge in [-0.15, -0.1) is 0 Å². The molecule has 9 nitrogen and oxygen atoms in total. The van der Waals surface area contributed by atoms with Crippen molar-refractivity contribution >= 4 is 53.5 Å². The third-order valence-corrected chi connectivity index (χ3v) is 17.9. The van der Waals surface area contributed by atoms with Crippen LogP contribution >= 0.6 is 0 Å². The van der Waals surface area contributed by atoms with Gasteiger partial charge in [-0.05, 0) is 103 Å². The summed E-state index contributed by atoms with van der Waals surface area (Å²) in [6.07, 6.45) is 13.5. The number of ether oxygens (including phenoxy) is 1. The Labute approximate surface area is 306 Å². The second kappa shape index (κ2) is 13.1. The van der Waals surface area contributed by atoms with Crippen LogP contribution in [0.1, 0.15) is 95.2 Å². The number of rotatable bonds is 6. The van der Waals surface area contributed by atoms with Gasteiger partial charge in [0.05, 0.1) is 5.56 Å². The molecule has 2 spiro atoms. The van der Waals surface area contributed by atoms with Gasteiger partial charge in [0, 0.05) is 85.0 Å². The number of carbonyl (C=O) groups is 4. The van der Waals surface area contributed by atoms with Gasteiger partial charge < -0.3 is 19.9 Å². The molecule has 3 aromatic rings. The summed E-state index contributed by atoms with van der Waals surface area (Å²) in [7, 11) is -2.30. The monoisotopic (exact) mass is 714 g/mol. The van der Waals surface area contributed by atoms with Crippen molar-refractivity contribution < 1.29 is 23.9 Å². The molecule has 0 unspecified atom stereocenters. The Balaban J connectivity index is 1.18. The minimum Gasteiger partial charge on any atom is -0.441 e. The normalized spacial score (nSPS) is 21.3. The van der Waals surface area contributed by atoms with Gasteiger partial charge in [0.2, 0.25) is 0 Å². The highest BCUT2D eigenvalue weighted by atomic mass is 28.3. The second-order valence-corrected chi connectivity index (χ2v) is 19.7. The third-order valence-electron chi connectivity index (χ3n) is 12.6. The van der Waals surface area contributed by atoms with E-state index in [4.69, 9.17) is 4.74 Å². The minimum absolute atomic E-state index is 0.0824. The Morgan fingerprint density at radius 2 is 1.23 bits per heavy atom. The van der Waals surface area contributed by atoms with E-state index in [1.807, 2.05) is 6.07 Å². The number of carbonyl (C=O) groups excluding carboxylic acids is 4. The number of fused-ring (bicyclic) bond motifs is 8. The first-order valence-corrected chi connectivity index (χ1v) is 21.8. The highest BCUT2D eigenvalue weighted by Crippen LogP contribution is 2.51. The summed E-state index contributed by atoms with van der Waals surface area (Å²) in [5.74, 6) is -1.47. The molecule has 6 aliphatic rings. The van der Waals surface area contributed by atoms with Gasteiger partial charge in [0.1, 0.15) is 8.07 Å². The lowest BCUT2D eigenvalue weighted by Crippen LogP contribution is -2.67. The second-order valence-electron chi connectivity index (χ2n) is 15.4. The fourth-order valence-electron chi connectivity index (χ4n) is 9.99. The molecule has 10 heteroatoms. The first-order chi connectivity index (χ1) is 25.4. The summed E-state index contributed by atoms with van der Waals surface area (Å²) in [5, 5.41) is 5.67. The molecule has 0 aromatic heterocycles. The van der Waals surface area contributed by atoms with Crippen LogP contribution in [0.4, 0.5) is 11.4 Å². The first kappa shape index (κ1) is 33.2. The van der Waals surface area contributed by atoms with E-state index in [2.05, 4.69) is 51.5 Å². The van der Waals surface area contributed by atoms with Gasteiger partial charge in [0.15, 0.2) is 5.60 Å². The largest absolute Gasteiger partial charge is 0.441 e. The van der Waals surface area contributed by atoms with Crippen molar-refractivity contribution in [3.63, 3.8) is 0 Å². The summed E-state index contributed by atoms with van der Waals surface area (Å²) in [6.45, 7) is 4.43. The summed E-state index contributed by atoms with van der Waals surface area (Å²) < 4.78 is 6.76. The maximum absolute atomic E-state index is 14.0. The number of hydrogen-bond donors (Lipinski definition) is 1. The van der Waals surface area contributed by atoms with E-state index in [0.717, 1.165) is 42.2 Å². The van der Waals surface area contributed by atoms with Crippen molar-refractivity contribution in [1.82, 2.24) is 10.2 Å². The van der Waals surface area contributed by atoms with E-state index in [9.17, 15) is 19.2 Å². The Morgan fingerprint density at radius 3 is 1.81 bits per heavy atom. The van der Waals surface area contributed by atoms with Crippen LogP contribution in [-0.4, -0.2) is 75.9 Å². The van der Waals surface area contributed by atoms with Gasteiger partial charge >= 0.3 is 5.97 Å². The van der Waals surface area contributed by atoms with Crippen LogP contribution in [0.5, 0.6) is 0 Å². The number of nitrogens with zero attached hydrogens (tertiary/aromatic N) is 3. The van der Waals surface area contributed by atoms with E-state index >= 15 is 0 Å². The molecule has 52 heavy (non-hydrogen) atoms. The standard InChI is InChI=1S/C42H46N4O5Si/c47-38-16-17-39(48)46(38)23-18-43-40(49)29-10-13-32-35(26-29)42(51-41(32)50)33-14-11-30(44-19-4-1-5-20-44)27-36(33)52(24-8-3-9-25-52)37-28-31(12-15-34(37)42)45-21-6-2-7-22-45/h10-17,26-28H,1-9,18-25H2,(H,43,49). The Kier molecular flexibility index (Phi) is 8.32. The summed E-state index contributed by atoms with van der Waals surface area (Å²) in [6, 6.07) is 21.5. The smallest absolute Gasteiger partial charge is 0.340 e. The third kappa shape index (κ3) is 5.24. The van der Waals surface area contributed by atoms with Crippen molar-refractivity contribution in [1.29, 1.82) is 0 Å². The van der Waals surface area contributed by atoms with Crippen molar-refractivity contribution in [2.75, 3.05) is 49.1 Å². The molecule has 6 heterocycles. The number of imide groups is 1. The number of benzene rings is 3. The van der Waals surface area contributed by atoms with Crippen LogP contribution < -0.4 is 25.5 Å². The van der Waals surface area contributed by atoms with E-state index in [-0.39, 0.29) is 36.8 Å². The summed E-state index contributed by atoms with van der Waals surface area (Å²) >= 11 is 0. The van der Waals surface area contributed by atoms with Gasteiger partial charge in [-0.25, -0.2) is 4.79 Å². The maximum atomic E-state index is 14.0. The molecule has 3 fully saturated rings. The predicted octanol–water partition coefficient (Wildman–Crippen LogP) is 4.84. The molecule has 3 aromatic carbocycles. The zero-order valence-corrected chi connectivity index (χ0v) is 30.8. The molecule has 0 bridgehead atoms. The minimum atomic E-state index is -2.30. The zero-order valence-electron chi connectivity index (χ0n) is 29.8. The van der Waals surface area contributed by atoms with Crippen LogP contribution in [0.2, 0.25) is 12.1 Å². The molecule has 0 aliphatic carbocycles. The lowest BCUT2D eigenvalue weighted by atomic mass is 9.78.